The predicted molar refractivity (Wildman–Crippen MR) is 181 cm³/mol. The van der Waals surface area contributed by atoms with E-state index < -0.39 is 0 Å². The molecule has 2 aliphatic heterocycles. The molecule has 3 aromatic carbocycles. The molecule has 2 aliphatic rings. The lowest BCUT2D eigenvalue weighted by Gasteiger charge is -2.29. The smallest absolute Gasteiger partial charge is 0.216 e. The van der Waals surface area contributed by atoms with Gasteiger partial charge in [0.25, 0.3) is 0 Å². The Labute approximate surface area is 287 Å². The third-order valence-electron chi connectivity index (χ3n) is 7.37. The molecule has 0 aromatic heterocycles. The number of carbonyl (C=O) groups excluding carboxylic acids is 2. The maximum Gasteiger partial charge on any atom is 0.216 e. The second kappa shape index (κ2) is 20.9. The van der Waals surface area contributed by atoms with Crippen molar-refractivity contribution in [3.8, 4) is 23.0 Å². The highest BCUT2D eigenvalue weighted by molar-refractivity contribution is 5.73. The first kappa shape index (κ1) is 37.5. The van der Waals surface area contributed by atoms with Gasteiger partial charge in [-0.2, -0.15) is 0 Å². The summed E-state index contributed by atoms with van der Waals surface area (Å²) < 4.78 is 40.0. The quantitative estimate of drug-likeness (QED) is 0.193. The van der Waals surface area contributed by atoms with Crippen molar-refractivity contribution in [1.29, 1.82) is 0 Å². The van der Waals surface area contributed by atoms with Crippen molar-refractivity contribution in [3.63, 3.8) is 0 Å². The number of benzene rings is 3. The Morgan fingerprint density at radius 3 is 1.53 bits per heavy atom. The van der Waals surface area contributed by atoms with Crippen molar-refractivity contribution in [2.45, 2.75) is 70.9 Å². The van der Waals surface area contributed by atoms with E-state index in [0.717, 1.165) is 42.7 Å². The van der Waals surface area contributed by atoms with Crippen LogP contribution in [0.25, 0.3) is 0 Å². The normalized spacial score (nSPS) is 20.2. The summed E-state index contributed by atoms with van der Waals surface area (Å²) in [4.78, 5) is 21.6. The van der Waals surface area contributed by atoms with Crippen molar-refractivity contribution in [2.24, 2.45) is 0 Å². The van der Waals surface area contributed by atoms with Crippen LogP contribution in [0.1, 0.15) is 45.1 Å². The van der Waals surface area contributed by atoms with E-state index in [4.69, 9.17) is 33.2 Å². The molecule has 0 atom stereocenters. The molecule has 2 amide bonds. The summed E-state index contributed by atoms with van der Waals surface area (Å²) in [6.45, 7) is 6.71. The number of carbonyl (C=O) groups is 2. The number of phenolic OH excluding ortho intramolecular Hbond substituents is 1. The van der Waals surface area contributed by atoms with Gasteiger partial charge in [-0.3, -0.25) is 9.59 Å². The summed E-state index contributed by atoms with van der Waals surface area (Å²) in [6, 6.07) is 24.2. The number of phenols is 1. The monoisotopic (exact) mass is 680 g/mol. The molecule has 0 spiro atoms. The average molecular weight is 681 g/mol. The Kier molecular flexibility index (Phi) is 16.0. The van der Waals surface area contributed by atoms with Gasteiger partial charge in [-0.1, -0.05) is 30.3 Å². The zero-order valence-electron chi connectivity index (χ0n) is 28.2. The molecule has 12 heteroatoms. The second-order valence-electron chi connectivity index (χ2n) is 11.7. The lowest BCUT2D eigenvalue weighted by atomic mass is 10.2. The van der Waals surface area contributed by atoms with Gasteiger partial charge in [0.1, 0.15) is 41.8 Å². The molecule has 0 saturated carbocycles. The molecule has 2 saturated heterocycles. The van der Waals surface area contributed by atoms with Crippen molar-refractivity contribution >= 4 is 11.8 Å². The van der Waals surface area contributed by atoms with Crippen LogP contribution in [0.5, 0.6) is 23.0 Å². The van der Waals surface area contributed by atoms with Crippen LogP contribution in [0.4, 0.5) is 0 Å². The van der Waals surface area contributed by atoms with Crippen LogP contribution >= 0.6 is 0 Å². The summed E-state index contributed by atoms with van der Waals surface area (Å²) in [5.74, 6) is 2.39. The van der Waals surface area contributed by atoms with Crippen LogP contribution < -0.4 is 24.8 Å². The number of amides is 2. The van der Waals surface area contributed by atoms with Crippen LogP contribution in [-0.4, -0.2) is 81.2 Å². The van der Waals surface area contributed by atoms with Crippen molar-refractivity contribution in [2.75, 3.05) is 39.5 Å². The van der Waals surface area contributed by atoms with E-state index in [1.807, 2.05) is 54.6 Å². The highest BCUT2D eigenvalue weighted by Gasteiger charge is 2.24. The minimum atomic E-state index is -0.238. The predicted octanol–water partition coefficient (Wildman–Crippen LogP) is 4.73. The summed E-state index contributed by atoms with van der Waals surface area (Å²) in [5, 5.41) is 14.7. The maximum atomic E-state index is 10.8. The average Bonchev–Trinajstić information content (AvgIpc) is 3.11. The Bertz CT molecular complexity index is 1360. The molecule has 0 aliphatic carbocycles. The number of ether oxygens (including phenoxy) is 7. The number of hydrogen-bond donors (Lipinski definition) is 3. The minimum Gasteiger partial charge on any atom is -0.508 e. The van der Waals surface area contributed by atoms with Gasteiger partial charge in [-0.25, -0.2) is 0 Å². The van der Waals surface area contributed by atoms with Crippen molar-refractivity contribution < 1.29 is 47.9 Å². The van der Waals surface area contributed by atoms with Gasteiger partial charge in [0.15, 0.2) is 12.6 Å². The van der Waals surface area contributed by atoms with Crippen LogP contribution in [0.15, 0.2) is 78.9 Å². The Balaban J connectivity index is 0.000000230. The fourth-order valence-corrected chi connectivity index (χ4v) is 4.85. The number of nitrogens with one attached hydrogen (secondary N) is 2. The molecule has 0 radical (unpaired) electrons. The summed E-state index contributed by atoms with van der Waals surface area (Å²) in [5.41, 5.74) is 1.13. The van der Waals surface area contributed by atoms with E-state index in [1.165, 1.54) is 13.8 Å². The molecular weight excluding hydrogens is 632 g/mol. The fraction of sp³-hybridized carbons (Fsp3) is 0.459. The molecule has 12 nitrogen and oxygen atoms in total. The van der Waals surface area contributed by atoms with E-state index >= 15 is 0 Å². The van der Waals surface area contributed by atoms with Gasteiger partial charge in [0, 0.05) is 39.8 Å². The third kappa shape index (κ3) is 15.2. The molecule has 2 fully saturated rings. The second-order valence-corrected chi connectivity index (χ2v) is 11.7. The summed E-state index contributed by atoms with van der Waals surface area (Å²) in [7, 11) is 0. The number of aromatic hydroxyl groups is 1. The van der Waals surface area contributed by atoms with Crippen LogP contribution in [0.2, 0.25) is 0 Å². The number of rotatable bonds is 15. The SMILES string of the molecule is CC(=O)NCCC[C@H]1OC[C@@H](Oc2ccc(O)cc2)CO1.CC(=O)NCCC[C@H]1OC[C@@H](Oc2ccc(OCc3ccccc3)cc2)CO1. The maximum absolute atomic E-state index is 10.8. The van der Waals surface area contributed by atoms with Crippen molar-refractivity contribution in [1.82, 2.24) is 10.6 Å². The molecular formula is C37H48N2O10. The summed E-state index contributed by atoms with van der Waals surface area (Å²) >= 11 is 0. The first-order valence-electron chi connectivity index (χ1n) is 16.7. The van der Waals surface area contributed by atoms with E-state index in [1.54, 1.807) is 24.3 Å². The molecule has 3 N–H and O–H groups in total. The highest BCUT2D eigenvalue weighted by Crippen LogP contribution is 2.22. The molecule has 2 heterocycles. The zero-order chi connectivity index (χ0) is 34.7. The third-order valence-corrected chi connectivity index (χ3v) is 7.37. The van der Waals surface area contributed by atoms with Crippen molar-refractivity contribution in [3.05, 3.63) is 84.4 Å². The molecule has 3 aromatic rings. The molecule has 0 bridgehead atoms. The molecule has 0 unspecified atom stereocenters. The van der Waals surface area contributed by atoms with Gasteiger partial charge in [-0.15, -0.1) is 0 Å². The largest absolute Gasteiger partial charge is 0.508 e. The van der Waals surface area contributed by atoms with Gasteiger partial charge in [-0.05, 0) is 66.9 Å². The minimum absolute atomic E-state index is 0.0181. The lowest BCUT2D eigenvalue weighted by Crippen LogP contribution is -2.39. The first-order valence-corrected chi connectivity index (χ1v) is 16.7. The van der Waals surface area contributed by atoms with Crippen LogP contribution in [-0.2, 0) is 35.1 Å². The topological polar surface area (TPSA) is 143 Å². The lowest BCUT2D eigenvalue weighted by molar-refractivity contribution is -0.213. The van der Waals surface area contributed by atoms with E-state index in [9.17, 15) is 14.7 Å². The fourth-order valence-electron chi connectivity index (χ4n) is 4.85. The molecule has 266 valence electrons. The van der Waals surface area contributed by atoms with Gasteiger partial charge < -0.3 is 48.9 Å². The van der Waals surface area contributed by atoms with E-state index in [2.05, 4.69) is 10.6 Å². The molecule has 5 rings (SSSR count). The molecule has 49 heavy (non-hydrogen) atoms. The summed E-state index contributed by atoms with van der Waals surface area (Å²) in [6.07, 6.45) is 2.37. The number of hydrogen-bond acceptors (Lipinski definition) is 10. The Morgan fingerprint density at radius 2 is 1.08 bits per heavy atom. The van der Waals surface area contributed by atoms with Crippen LogP contribution in [0, 0.1) is 0 Å². The van der Waals surface area contributed by atoms with E-state index in [-0.39, 0.29) is 42.4 Å². The standard InChI is InChI=1S/C22H27NO5.C15H21NO5/c1-17(24)23-13-5-8-22-26-15-21(16-27-22)28-20-11-9-19(10-12-20)25-14-18-6-3-2-4-7-18;1-11(17)16-8-2-3-15-19-9-14(10-20-15)21-13-6-4-12(18)5-7-13/h2-4,6-7,9-12,21-22H,5,8,13-16H2,1H3,(H,23,24);4-7,14-15,18H,2-3,8-10H2,1H3,(H,16,17)/t21-,22+;14-,15+. The highest BCUT2D eigenvalue weighted by atomic mass is 16.7. The van der Waals surface area contributed by atoms with Gasteiger partial charge >= 0.3 is 0 Å². The Hall–Kier alpha value is -4.36. The van der Waals surface area contributed by atoms with Crippen LogP contribution in [0.3, 0.4) is 0 Å². The van der Waals surface area contributed by atoms with Gasteiger partial charge in [0.2, 0.25) is 11.8 Å². The first-order chi connectivity index (χ1) is 23.8. The Morgan fingerprint density at radius 1 is 0.653 bits per heavy atom. The van der Waals surface area contributed by atoms with Gasteiger partial charge in [0.05, 0.1) is 26.4 Å². The van der Waals surface area contributed by atoms with E-state index in [0.29, 0.717) is 51.9 Å². The zero-order valence-corrected chi connectivity index (χ0v) is 28.2.